The molecule has 0 aliphatic heterocycles. The molecule has 4 heteroatoms. The van der Waals surface area contributed by atoms with Crippen molar-refractivity contribution in [2.75, 3.05) is 5.32 Å². The Labute approximate surface area is 153 Å². The molecule has 0 fully saturated rings. The molecule has 0 radical (unpaired) electrons. The number of carbonyl (C=O) groups excluding carboxylic acids is 1. The fourth-order valence-electron chi connectivity index (χ4n) is 3.71. The zero-order valence-corrected chi connectivity index (χ0v) is 15.4. The summed E-state index contributed by atoms with van der Waals surface area (Å²) in [7, 11) is 0. The summed E-state index contributed by atoms with van der Waals surface area (Å²) in [5.74, 6) is 1.17. The highest BCUT2D eigenvalue weighted by atomic mass is 16.1. The Morgan fingerprint density at radius 3 is 2.58 bits per heavy atom. The summed E-state index contributed by atoms with van der Waals surface area (Å²) in [4.78, 5) is 12.8. The maximum absolute atomic E-state index is 12.8. The number of para-hydroxylation sites is 1. The van der Waals surface area contributed by atoms with E-state index in [0.29, 0.717) is 18.2 Å². The van der Waals surface area contributed by atoms with Crippen LogP contribution >= 0.6 is 0 Å². The number of fused-ring (bicyclic) bond motifs is 1. The van der Waals surface area contributed by atoms with E-state index in [-0.39, 0.29) is 5.78 Å². The third-order valence-electron chi connectivity index (χ3n) is 4.97. The van der Waals surface area contributed by atoms with Crippen molar-refractivity contribution in [2.24, 2.45) is 5.92 Å². The first-order chi connectivity index (χ1) is 12.5. The van der Waals surface area contributed by atoms with Crippen LogP contribution in [0.3, 0.4) is 0 Å². The molecule has 1 N–H and O–H groups in total. The maximum Gasteiger partial charge on any atom is 0.168 e. The molecule has 0 saturated heterocycles. The highest BCUT2D eigenvalue weighted by Crippen LogP contribution is 2.34. The number of nitrogens with one attached hydrogen (secondary N) is 1. The van der Waals surface area contributed by atoms with Crippen molar-refractivity contribution in [1.82, 2.24) is 9.78 Å². The lowest BCUT2D eigenvalue weighted by molar-refractivity contribution is 0.0953. The molecule has 1 aliphatic rings. The number of ketones is 1. The van der Waals surface area contributed by atoms with Crippen molar-refractivity contribution in [3.63, 3.8) is 0 Å². The summed E-state index contributed by atoms with van der Waals surface area (Å²) in [5, 5.41) is 8.20. The second-order valence-electron chi connectivity index (χ2n) is 7.30. The van der Waals surface area contributed by atoms with Crippen LogP contribution in [0.4, 0.5) is 11.5 Å². The molecule has 0 saturated carbocycles. The first-order valence-corrected chi connectivity index (χ1v) is 9.07. The molecule has 3 aromatic rings. The van der Waals surface area contributed by atoms with Gasteiger partial charge in [-0.2, -0.15) is 0 Å². The van der Waals surface area contributed by atoms with E-state index in [0.717, 1.165) is 34.6 Å². The van der Waals surface area contributed by atoms with Crippen LogP contribution in [-0.4, -0.2) is 15.6 Å². The predicted octanol–water partition coefficient (Wildman–Crippen LogP) is 5.00. The van der Waals surface area contributed by atoms with Crippen molar-refractivity contribution in [3.05, 3.63) is 70.9 Å². The van der Waals surface area contributed by atoms with E-state index in [1.54, 1.807) is 0 Å². The Hall–Kier alpha value is -2.88. The average molecular weight is 345 g/mol. The van der Waals surface area contributed by atoms with Crippen LogP contribution < -0.4 is 5.32 Å². The molecule has 0 amide bonds. The van der Waals surface area contributed by atoms with Gasteiger partial charge in [-0.1, -0.05) is 42.8 Å². The third-order valence-corrected chi connectivity index (χ3v) is 4.97. The van der Waals surface area contributed by atoms with Gasteiger partial charge in [0.2, 0.25) is 0 Å². The molecule has 0 unspecified atom stereocenters. The number of Topliss-reactive ketones (excluding diaryl/α,β-unsaturated/α-hetero) is 1. The lowest BCUT2D eigenvalue weighted by Gasteiger charge is -2.19. The largest absolute Gasteiger partial charge is 0.338 e. The lowest BCUT2D eigenvalue weighted by Crippen LogP contribution is -2.19. The molecular formula is C22H23N3O. The first-order valence-electron chi connectivity index (χ1n) is 9.07. The normalized spacial score (nSPS) is 16.4. The molecule has 0 spiro atoms. The van der Waals surface area contributed by atoms with E-state index in [2.05, 4.69) is 44.3 Å². The molecule has 1 aliphatic carbocycles. The van der Waals surface area contributed by atoms with Crippen LogP contribution in [0.15, 0.2) is 48.5 Å². The summed E-state index contributed by atoms with van der Waals surface area (Å²) in [6, 6.07) is 16.3. The van der Waals surface area contributed by atoms with Gasteiger partial charge in [0, 0.05) is 12.1 Å². The van der Waals surface area contributed by atoms with Gasteiger partial charge in [-0.3, -0.25) is 4.79 Å². The molecule has 2 aromatic carbocycles. The topological polar surface area (TPSA) is 46.9 Å². The minimum atomic E-state index is 0.174. The van der Waals surface area contributed by atoms with E-state index in [9.17, 15) is 4.79 Å². The van der Waals surface area contributed by atoms with Gasteiger partial charge in [0.25, 0.3) is 0 Å². The number of rotatable bonds is 3. The summed E-state index contributed by atoms with van der Waals surface area (Å²) in [6.45, 7) is 6.27. The second kappa shape index (κ2) is 6.45. The Balaban J connectivity index is 1.84. The third kappa shape index (κ3) is 2.92. The molecule has 4 nitrogen and oxygen atoms in total. The van der Waals surface area contributed by atoms with Crippen molar-refractivity contribution >= 4 is 17.3 Å². The Kier molecular flexibility index (Phi) is 4.11. The number of hydrogen-bond acceptors (Lipinski definition) is 3. The number of anilines is 2. The van der Waals surface area contributed by atoms with Crippen LogP contribution in [0, 0.1) is 19.8 Å². The van der Waals surface area contributed by atoms with E-state index in [1.165, 1.54) is 5.56 Å². The number of aromatic nitrogens is 2. The molecule has 4 rings (SSSR count). The van der Waals surface area contributed by atoms with Gasteiger partial charge in [-0.15, -0.1) is 5.10 Å². The molecule has 1 aromatic heterocycles. The molecular weight excluding hydrogens is 322 g/mol. The van der Waals surface area contributed by atoms with Crippen LogP contribution in [-0.2, 0) is 6.42 Å². The molecule has 1 heterocycles. The fraction of sp³-hybridized carbons (Fsp3) is 0.273. The van der Waals surface area contributed by atoms with Gasteiger partial charge in [0.1, 0.15) is 0 Å². The van der Waals surface area contributed by atoms with Gasteiger partial charge < -0.3 is 5.32 Å². The fourth-order valence-corrected chi connectivity index (χ4v) is 3.71. The van der Waals surface area contributed by atoms with Crippen LogP contribution in [0.5, 0.6) is 0 Å². The second-order valence-corrected chi connectivity index (χ2v) is 7.30. The first kappa shape index (κ1) is 16.6. The van der Waals surface area contributed by atoms with Gasteiger partial charge in [-0.25, -0.2) is 4.68 Å². The maximum atomic E-state index is 12.8. The number of carbonyl (C=O) groups is 1. The van der Waals surface area contributed by atoms with Gasteiger partial charge in [-0.05, 0) is 49.9 Å². The standard InChI is InChI=1S/C22H23N3O/c1-14-9-10-18(16(3)11-14)23-22-21-19(12-15(2)13-20(21)26)25(24-22)17-7-5-4-6-8-17/h4-11,15H,12-13H2,1-3H3,(H,23,24)/t15-/m0/s1. The van der Waals surface area contributed by atoms with Crippen LogP contribution in [0.2, 0.25) is 0 Å². The molecule has 132 valence electrons. The SMILES string of the molecule is Cc1ccc(Nc2nn(-c3ccccc3)c3c2C(=O)C[C@@H](C)C3)c(C)c1. The van der Waals surface area contributed by atoms with Crippen LogP contribution in [0.25, 0.3) is 5.69 Å². The van der Waals surface area contributed by atoms with Crippen molar-refractivity contribution in [3.8, 4) is 5.69 Å². The zero-order valence-electron chi connectivity index (χ0n) is 15.4. The highest BCUT2D eigenvalue weighted by Gasteiger charge is 2.31. The Bertz CT molecular complexity index is 973. The predicted molar refractivity (Wildman–Crippen MR) is 105 cm³/mol. The molecule has 1 atom stereocenters. The summed E-state index contributed by atoms with van der Waals surface area (Å²) < 4.78 is 1.93. The molecule has 26 heavy (non-hydrogen) atoms. The quantitative estimate of drug-likeness (QED) is 0.727. The van der Waals surface area contributed by atoms with E-state index in [1.807, 2.05) is 35.0 Å². The number of aryl methyl sites for hydroxylation is 2. The summed E-state index contributed by atoms with van der Waals surface area (Å²) in [6.07, 6.45) is 1.44. The van der Waals surface area contributed by atoms with E-state index in [4.69, 9.17) is 5.10 Å². The van der Waals surface area contributed by atoms with Gasteiger partial charge >= 0.3 is 0 Å². The zero-order chi connectivity index (χ0) is 18.3. The Morgan fingerprint density at radius 2 is 1.85 bits per heavy atom. The van der Waals surface area contributed by atoms with Crippen molar-refractivity contribution in [1.29, 1.82) is 0 Å². The highest BCUT2D eigenvalue weighted by molar-refractivity contribution is 6.03. The van der Waals surface area contributed by atoms with Crippen molar-refractivity contribution < 1.29 is 4.79 Å². The van der Waals surface area contributed by atoms with Crippen molar-refractivity contribution in [2.45, 2.75) is 33.6 Å². The minimum Gasteiger partial charge on any atom is -0.338 e. The van der Waals surface area contributed by atoms with E-state index < -0.39 is 0 Å². The summed E-state index contributed by atoms with van der Waals surface area (Å²) >= 11 is 0. The van der Waals surface area contributed by atoms with Gasteiger partial charge in [0.05, 0.1) is 16.9 Å². The average Bonchev–Trinajstić information content (AvgIpc) is 2.96. The summed E-state index contributed by atoms with van der Waals surface area (Å²) in [5.41, 5.74) is 6.08. The Morgan fingerprint density at radius 1 is 1.08 bits per heavy atom. The van der Waals surface area contributed by atoms with E-state index >= 15 is 0 Å². The number of benzene rings is 2. The van der Waals surface area contributed by atoms with Gasteiger partial charge in [0.15, 0.2) is 11.6 Å². The lowest BCUT2D eigenvalue weighted by atomic mass is 9.87. The molecule has 0 bridgehead atoms. The monoisotopic (exact) mass is 345 g/mol. The number of hydrogen-bond donors (Lipinski definition) is 1. The smallest absolute Gasteiger partial charge is 0.168 e. The van der Waals surface area contributed by atoms with Crippen LogP contribution in [0.1, 0.15) is 40.5 Å². The number of nitrogens with zero attached hydrogens (tertiary/aromatic N) is 2. The minimum absolute atomic E-state index is 0.174.